The van der Waals surface area contributed by atoms with Crippen molar-refractivity contribution in [3.63, 3.8) is 0 Å². The van der Waals surface area contributed by atoms with E-state index in [0.717, 1.165) is 34.4 Å². The number of hydrogen-bond acceptors (Lipinski definition) is 9. The zero-order chi connectivity index (χ0) is 19.8. The summed E-state index contributed by atoms with van der Waals surface area (Å²) in [5.74, 6) is 2.25. The molecule has 3 aromatic rings. The smallest absolute Gasteiger partial charge is 0.234 e. The average molecular weight is 431 g/mol. The first-order valence-electron chi connectivity index (χ1n) is 9.25. The Bertz CT molecular complexity index is 1060. The maximum absolute atomic E-state index is 12.5. The highest BCUT2D eigenvalue weighted by Crippen LogP contribution is 2.42. The number of anilines is 1. The molecule has 1 aliphatic carbocycles. The van der Waals surface area contributed by atoms with Gasteiger partial charge < -0.3 is 14.8 Å². The largest absolute Gasteiger partial charge is 0.486 e. The normalized spacial score (nSPS) is 15.3. The van der Waals surface area contributed by atoms with Gasteiger partial charge in [-0.25, -0.2) is 0 Å². The topological polar surface area (TPSA) is 104 Å². The Balaban J connectivity index is 1.27. The molecule has 0 unspecified atom stereocenters. The van der Waals surface area contributed by atoms with E-state index in [-0.39, 0.29) is 11.7 Å². The van der Waals surface area contributed by atoms with E-state index in [1.165, 1.54) is 23.3 Å². The van der Waals surface area contributed by atoms with Crippen LogP contribution in [-0.4, -0.2) is 49.2 Å². The lowest BCUT2D eigenvalue weighted by atomic mass is 10.2. The second-order valence-electron chi connectivity index (χ2n) is 6.79. The van der Waals surface area contributed by atoms with E-state index in [9.17, 15) is 4.79 Å². The number of nitrogens with one attached hydrogen (secondary N) is 1. The number of thioether (sulfide) groups is 1. The Morgan fingerprint density at radius 3 is 2.83 bits per heavy atom. The number of carbonyl (C=O) groups excluding carboxylic acids is 1. The minimum absolute atomic E-state index is 0.116. The quantitative estimate of drug-likeness (QED) is 0.595. The monoisotopic (exact) mass is 430 g/mol. The van der Waals surface area contributed by atoms with Crippen LogP contribution in [-0.2, 0) is 4.79 Å². The van der Waals surface area contributed by atoms with Crippen LogP contribution in [0.3, 0.4) is 0 Å². The Labute approximate surface area is 175 Å². The number of rotatable bonds is 6. The number of ether oxygens (including phenoxy) is 2. The average Bonchev–Trinajstić information content (AvgIpc) is 3.34. The van der Waals surface area contributed by atoms with Crippen molar-refractivity contribution in [2.45, 2.75) is 31.0 Å². The van der Waals surface area contributed by atoms with Crippen LogP contribution in [0.4, 0.5) is 5.69 Å². The molecule has 150 valence electrons. The van der Waals surface area contributed by atoms with Gasteiger partial charge in [0.1, 0.15) is 18.1 Å². The van der Waals surface area contributed by atoms with Crippen LogP contribution in [0.5, 0.6) is 11.5 Å². The fraction of sp³-hybridized carbons (Fsp3) is 0.389. The van der Waals surface area contributed by atoms with Crippen LogP contribution in [0.15, 0.2) is 23.4 Å². The summed E-state index contributed by atoms with van der Waals surface area (Å²) in [6, 6.07) is 5.77. The molecule has 2 aliphatic rings. The summed E-state index contributed by atoms with van der Waals surface area (Å²) < 4.78 is 17.2. The second kappa shape index (κ2) is 7.64. The molecule has 1 fully saturated rings. The van der Waals surface area contributed by atoms with Crippen LogP contribution in [0.2, 0.25) is 0 Å². The fourth-order valence-corrected chi connectivity index (χ4v) is 4.52. The number of aromatic nitrogens is 5. The van der Waals surface area contributed by atoms with Gasteiger partial charge in [0.25, 0.3) is 0 Å². The van der Waals surface area contributed by atoms with Crippen LogP contribution in [0, 0.1) is 6.92 Å². The molecule has 1 aromatic carbocycles. The minimum atomic E-state index is -0.116. The molecule has 1 amide bonds. The number of carbonyl (C=O) groups is 1. The van der Waals surface area contributed by atoms with E-state index in [2.05, 4.69) is 29.7 Å². The minimum Gasteiger partial charge on any atom is -0.486 e. The zero-order valence-electron chi connectivity index (χ0n) is 15.6. The van der Waals surface area contributed by atoms with E-state index in [4.69, 9.17) is 9.47 Å². The molecule has 0 saturated heterocycles. The summed E-state index contributed by atoms with van der Waals surface area (Å²) in [6.45, 7) is 2.96. The summed E-state index contributed by atoms with van der Waals surface area (Å²) in [7, 11) is 0. The van der Waals surface area contributed by atoms with Crippen LogP contribution in [0.1, 0.15) is 24.6 Å². The lowest BCUT2D eigenvalue weighted by molar-refractivity contribution is -0.113. The fourth-order valence-electron chi connectivity index (χ4n) is 3.08. The molecule has 3 heterocycles. The number of fused-ring (bicyclic) bond motifs is 1. The summed E-state index contributed by atoms with van der Waals surface area (Å²) >= 11 is 2.70. The highest BCUT2D eigenvalue weighted by atomic mass is 32.2. The first-order valence-corrected chi connectivity index (χ1v) is 11.0. The van der Waals surface area contributed by atoms with E-state index in [1.54, 1.807) is 18.2 Å². The van der Waals surface area contributed by atoms with Crippen LogP contribution >= 0.6 is 23.3 Å². The summed E-state index contributed by atoms with van der Waals surface area (Å²) in [4.78, 5) is 13.4. The third-order valence-corrected chi connectivity index (χ3v) is 6.36. The number of hydrogen-bond donors (Lipinski definition) is 1. The van der Waals surface area contributed by atoms with Gasteiger partial charge in [0, 0.05) is 17.8 Å². The molecule has 1 saturated carbocycles. The van der Waals surface area contributed by atoms with E-state index < -0.39 is 0 Å². The van der Waals surface area contributed by atoms with Crippen molar-refractivity contribution in [2.75, 3.05) is 24.3 Å². The van der Waals surface area contributed by atoms with Gasteiger partial charge >= 0.3 is 0 Å². The Morgan fingerprint density at radius 1 is 1.24 bits per heavy atom. The molecule has 5 rings (SSSR count). The van der Waals surface area contributed by atoms with Gasteiger partial charge in [0.05, 0.1) is 11.4 Å². The van der Waals surface area contributed by atoms with Crippen molar-refractivity contribution in [2.24, 2.45) is 0 Å². The third kappa shape index (κ3) is 3.79. The standard InChI is InChI=1S/C18H18N6O3S2/c1-10-16(29-23-20-10)17-21-22-18(24(17)12-3-4-12)28-9-15(25)19-11-2-5-13-14(8-11)27-7-6-26-13/h2,5,8,12H,3-4,6-7,9H2,1H3,(H,19,25). The molecule has 1 N–H and O–H groups in total. The first kappa shape index (κ1) is 18.4. The van der Waals surface area contributed by atoms with Crippen molar-refractivity contribution in [1.82, 2.24) is 24.4 Å². The van der Waals surface area contributed by atoms with E-state index >= 15 is 0 Å². The van der Waals surface area contributed by atoms with Gasteiger partial charge in [-0.05, 0) is 43.4 Å². The predicted molar refractivity (Wildman–Crippen MR) is 109 cm³/mol. The Morgan fingerprint density at radius 2 is 2.07 bits per heavy atom. The second-order valence-corrected chi connectivity index (χ2v) is 8.49. The lowest BCUT2D eigenvalue weighted by Crippen LogP contribution is -2.17. The SMILES string of the molecule is Cc1nnsc1-c1nnc(SCC(=O)Nc2ccc3c(c2)OCCO3)n1C1CC1. The van der Waals surface area contributed by atoms with Gasteiger partial charge in [-0.1, -0.05) is 16.3 Å². The molecule has 0 spiro atoms. The zero-order valence-corrected chi connectivity index (χ0v) is 17.3. The summed E-state index contributed by atoms with van der Waals surface area (Å²) in [6.07, 6.45) is 2.18. The molecule has 2 aromatic heterocycles. The highest BCUT2D eigenvalue weighted by molar-refractivity contribution is 7.99. The highest BCUT2D eigenvalue weighted by Gasteiger charge is 2.31. The Kier molecular flexibility index (Phi) is 4.84. The molecule has 1 aliphatic heterocycles. The Hall–Kier alpha value is -2.66. The molecular formula is C18H18N6O3S2. The van der Waals surface area contributed by atoms with E-state index in [0.29, 0.717) is 36.4 Å². The molecule has 29 heavy (non-hydrogen) atoms. The third-order valence-electron chi connectivity index (χ3n) is 4.59. The molecule has 11 heteroatoms. The summed E-state index contributed by atoms with van der Waals surface area (Å²) in [5.41, 5.74) is 1.52. The summed E-state index contributed by atoms with van der Waals surface area (Å²) in [5, 5.41) is 16.4. The number of amides is 1. The van der Waals surface area contributed by atoms with Gasteiger partial charge in [-0.2, -0.15) is 0 Å². The van der Waals surface area contributed by atoms with Crippen molar-refractivity contribution >= 4 is 34.9 Å². The molecule has 9 nitrogen and oxygen atoms in total. The van der Waals surface area contributed by atoms with Gasteiger partial charge in [-0.15, -0.1) is 15.3 Å². The van der Waals surface area contributed by atoms with Gasteiger partial charge in [0.15, 0.2) is 22.5 Å². The van der Waals surface area contributed by atoms with Crippen molar-refractivity contribution in [1.29, 1.82) is 0 Å². The predicted octanol–water partition coefficient (Wildman–Crippen LogP) is 2.94. The number of nitrogens with zero attached hydrogens (tertiary/aromatic N) is 5. The van der Waals surface area contributed by atoms with Crippen molar-refractivity contribution < 1.29 is 14.3 Å². The lowest BCUT2D eigenvalue weighted by Gasteiger charge is -2.19. The molecular weight excluding hydrogens is 412 g/mol. The molecule has 0 radical (unpaired) electrons. The number of benzene rings is 1. The maximum Gasteiger partial charge on any atom is 0.234 e. The molecule has 0 bridgehead atoms. The molecule has 0 atom stereocenters. The van der Waals surface area contributed by atoms with Gasteiger partial charge in [0.2, 0.25) is 5.91 Å². The first-order chi connectivity index (χ1) is 14.2. The van der Waals surface area contributed by atoms with Gasteiger partial charge in [-0.3, -0.25) is 9.36 Å². The van der Waals surface area contributed by atoms with Crippen molar-refractivity contribution in [3.05, 3.63) is 23.9 Å². The maximum atomic E-state index is 12.5. The van der Waals surface area contributed by atoms with Crippen molar-refractivity contribution in [3.8, 4) is 22.2 Å². The van der Waals surface area contributed by atoms with E-state index in [1.807, 2.05) is 6.92 Å². The van der Waals surface area contributed by atoms with Crippen LogP contribution < -0.4 is 14.8 Å². The number of aryl methyl sites for hydroxylation is 1. The van der Waals surface area contributed by atoms with Crippen LogP contribution in [0.25, 0.3) is 10.7 Å².